The zero-order valence-corrected chi connectivity index (χ0v) is 20.8. The lowest BCUT2D eigenvalue weighted by atomic mass is 10.2. The molecule has 1 aliphatic rings. The van der Waals surface area contributed by atoms with Gasteiger partial charge in [-0.1, -0.05) is 59.2 Å². The van der Waals surface area contributed by atoms with Crippen LogP contribution in [0.2, 0.25) is 10.0 Å². The van der Waals surface area contributed by atoms with Gasteiger partial charge >= 0.3 is 5.88 Å². The molecule has 2 heterocycles. The second kappa shape index (κ2) is 11.5. The predicted molar refractivity (Wildman–Crippen MR) is 135 cm³/mol. The molecule has 1 N–H and O–H groups in total. The number of aliphatic imine (C=N–C) groups is 1. The molecule has 0 fully saturated rings. The smallest absolute Gasteiger partial charge is 0.302 e. The number of aromatic nitrogens is 2. The lowest BCUT2D eigenvalue weighted by molar-refractivity contribution is -0.763. The van der Waals surface area contributed by atoms with Gasteiger partial charge in [0, 0.05) is 17.2 Å². The third kappa shape index (κ3) is 6.29. The summed E-state index contributed by atoms with van der Waals surface area (Å²) in [6, 6.07) is 14.1. The molecule has 0 spiro atoms. The van der Waals surface area contributed by atoms with E-state index in [1.807, 2.05) is 18.2 Å². The van der Waals surface area contributed by atoms with Crippen molar-refractivity contribution in [2.24, 2.45) is 4.99 Å². The quantitative estimate of drug-likeness (QED) is 0.347. The molecule has 0 radical (unpaired) electrons. The fourth-order valence-corrected chi connectivity index (χ4v) is 4.37. The molecule has 0 atom stereocenters. The van der Waals surface area contributed by atoms with Crippen molar-refractivity contribution in [3.05, 3.63) is 76.0 Å². The highest BCUT2D eigenvalue weighted by atomic mass is 35.5. The molecule has 0 bridgehead atoms. The number of carbonyl (C=O) groups excluding carboxylic acids is 2. The van der Waals surface area contributed by atoms with E-state index < -0.39 is 0 Å². The number of amides is 2. The van der Waals surface area contributed by atoms with Crippen molar-refractivity contribution in [3.63, 3.8) is 0 Å². The maximum absolute atomic E-state index is 13.2. The summed E-state index contributed by atoms with van der Waals surface area (Å²) >= 11 is 13.4. The number of methoxy groups -OCH3 is 1. The Balaban J connectivity index is 1.51. The predicted octanol–water partition coefficient (Wildman–Crippen LogP) is 4.03. The van der Waals surface area contributed by atoms with Gasteiger partial charge in [-0.3, -0.25) is 24.3 Å². The Hall–Kier alpha value is -3.18. The standard InChI is InChI=1S/C23H19Cl2N5O4S/c1-33-10-9-29-13-21(34-28-29)27-20(31)14-35-23-26-19(11-15-7-8-16(24)12-18(15)25)22(32)30(23)17-5-3-2-4-6-17/h2-8,11-13H,9-10,14H2,1H3/p+1/b19-11+. The van der Waals surface area contributed by atoms with Crippen LogP contribution in [0.25, 0.3) is 6.08 Å². The average Bonchev–Trinajstić information content (AvgIpc) is 3.42. The molecule has 0 saturated heterocycles. The lowest BCUT2D eigenvalue weighted by Crippen LogP contribution is -2.36. The number of carbonyl (C=O) groups is 2. The highest BCUT2D eigenvalue weighted by molar-refractivity contribution is 8.14. The fraction of sp³-hybridized carbons (Fsp3) is 0.174. The number of para-hydroxylation sites is 1. The van der Waals surface area contributed by atoms with E-state index in [1.165, 1.54) is 9.58 Å². The van der Waals surface area contributed by atoms with Gasteiger partial charge in [-0.25, -0.2) is 4.99 Å². The molecule has 1 aromatic heterocycles. The molecule has 0 unspecified atom stereocenters. The topological polar surface area (TPSA) is 101 Å². The van der Waals surface area contributed by atoms with Gasteiger partial charge in [0.05, 0.1) is 11.4 Å². The number of ether oxygens (including phenoxy) is 1. The van der Waals surface area contributed by atoms with E-state index in [9.17, 15) is 9.59 Å². The monoisotopic (exact) mass is 532 g/mol. The second-order valence-electron chi connectivity index (χ2n) is 7.22. The summed E-state index contributed by atoms with van der Waals surface area (Å²) in [7, 11) is 1.58. The summed E-state index contributed by atoms with van der Waals surface area (Å²) in [6.07, 6.45) is 3.16. The highest BCUT2D eigenvalue weighted by Crippen LogP contribution is 2.31. The molecule has 3 aromatic rings. The maximum Gasteiger partial charge on any atom is 0.302 e. The number of nitrogens with one attached hydrogen (secondary N) is 1. The van der Waals surface area contributed by atoms with Crippen LogP contribution in [0.1, 0.15) is 5.56 Å². The van der Waals surface area contributed by atoms with Crippen LogP contribution in [0.3, 0.4) is 0 Å². The van der Waals surface area contributed by atoms with Crippen LogP contribution >= 0.6 is 35.0 Å². The summed E-state index contributed by atoms with van der Waals surface area (Å²) in [4.78, 5) is 31.7. The Morgan fingerprint density at radius 3 is 2.80 bits per heavy atom. The number of hydrogen-bond acceptors (Lipinski definition) is 7. The van der Waals surface area contributed by atoms with E-state index in [0.29, 0.717) is 39.6 Å². The van der Waals surface area contributed by atoms with Gasteiger partial charge in [0.2, 0.25) is 17.7 Å². The second-order valence-corrected chi connectivity index (χ2v) is 9.01. The van der Waals surface area contributed by atoms with Crippen molar-refractivity contribution in [3.8, 4) is 0 Å². The number of halogens is 2. The van der Waals surface area contributed by atoms with Gasteiger partial charge in [-0.05, 0) is 40.6 Å². The molecule has 4 rings (SSSR count). The van der Waals surface area contributed by atoms with Crippen LogP contribution in [-0.4, -0.2) is 41.7 Å². The molecule has 0 aliphatic carbocycles. The minimum Gasteiger partial charge on any atom is -0.378 e. The third-order valence-electron chi connectivity index (χ3n) is 4.73. The number of anilines is 2. The van der Waals surface area contributed by atoms with Crippen LogP contribution in [-0.2, 0) is 20.9 Å². The van der Waals surface area contributed by atoms with Gasteiger partial charge in [0.1, 0.15) is 12.3 Å². The number of rotatable bonds is 8. The number of benzene rings is 2. The van der Waals surface area contributed by atoms with Crippen molar-refractivity contribution < 1.29 is 23.5 Å². The highest BCUT2D eigenvalue weighted by Gasteiger charge is 2.32. The summed E-state index contributed by atoms with van der Waals surface area (Å²) in [5.41, 5.74) is 1.42. The molecule has 12 heteroatoms. The minimum atomic E-state index is -0.341. The first-order valence-electron chi connectivity index (χ1n) is 10.4. The Morgan fingerprint density at radius 1 is 1.26 bits per heavy atom. The Kier molecular flexibility index (Phi) is 8.19. The number of thioether (sulfide) groups is 1. The molecular formula is C23H20Cl2N5O4S+. The first kappa shape index (κ1) is 24.9. The molecule has 35 heavy (non-hydrogen) atoms. The molecule has 1 aliphatic heterocycles. The zero-order valence-electron chi connectivity index (χ0n) is 18.5. The average molecular weight is 533 g/mol. The van der Waals surface area contributed by atoms with E-state index in [1.54, 1.807) is 49.7 Å². The minimum absolute atomic E-state index is 0.0107. The molecule has 2 aromatic carbocycles. The Morgan fingerprint density at radius 2 is 2.06 bits per heavy atom. The number of amidine groups is 1. The Bertz CT molecular complexity index is 1300. The summed E-state index contributed by atoms with van der Waals surface area (Å²) in [5.74, 6) is -0.483. The van der Waals surface area contributed by atoms with Crippen molar-refractivity contribution >= 4 is 69.6 Å². The van der Waals surface area contributed by atoms with Crippen molar-refractivity contribution in [1.82, 2.24) is 5.27 Å². The van der Waals surface area contributed by atoms with E-state index in [4.69, 9.17) is 32.5 Å². The number of nitrogens with zero attached hydrogens (tertiary/aromatic N) is 4. The van der Waals surface area contributed by atoms with E-state index in [2.05, 4.69) is 15.6 Å². The van der Waals surface area contributed by atoms with Crippen molar-refractivity contribution in [1.29, 1.82) is 0 Å². The van der Waals surface area contributed by atoms with Crippen LogP contribution in [0.15, 0.2) is 69.9 Å². The molecular weight excluding hydrogens is 513 g/mol. The van der Waals surface area contributed by atoms with Gasteiger partial charge in [0.25, 0.3) is 12.1 Å². The molecule has 2 amide bonds. The van der Waals surface area contributed by atoms with Crippen LogP contribution < -0.4 is 14.9 Å². The van der Waals surface area contributed by atoms with E-state index in [-0.39, 0.29) is 29.1 Å². The third-order valence-corrected chi connectivity index (χ3v) is 6.23. The van der Waals surface area contributed by atoms with E-state index >= 15 is 0 Å². The first-order chi connectivity index (χ1) is 16.9. The summed E-state index contributed by atoms with van der Waals surface area (Å²) < 4.78 is 11.6. The Labute approximate surface area is 215 Å². The van der Waals surface area contributed by atoms with Gasteiger partial charge in [-0.2, -0.15) is 0 Å². The van der Waals surface area contributed by atoms with E-state index in [0.717, 1.165) is 11.8 Å². The fourth-order valence-electron chi connectivity index (χ4n) is 3.09. The normalized spacial score (nSPS) is 14.5. The van der Waals surface area contributed by atoms with Crippen LogP contribution in [0.5, 0.6) is 0 Å². The van der Waals surface area contributed by atoms with Gasteiger partial charge in [-0.15, -0.1) is 0 Å². The zero-order chi connectivity index (χ0) is 24.8. The SMILES string of the molecule is COCC[n+]1cc(NC(=O)CSC2=N/C(=C/c3ccc(Cl)cc3Cl)C(=O)N2c2ccccc2)on1. The largest absolute Gasteiger partial charge is 0.378 e. The van der Waals surface area contributed by atoms with Crippen molar-refractivity contribution in [2.45, 2.75) is 6.54 Å². The molecule has 180 valence electrons. The van der Waals surface area contributed by atoms with Crippen LogP contribution in [0.4, 0.5) is 11.6 Å². The maximum atomic E-state index is 13.2. The van der Waals surface area contributed by atoms with Gasteiger partial charge in [0.15, 0.2) is 5.17 Å². The van der Waals surface area contributed by atoms with Gasteiger partial charge < -0.3 is 4.74 Å². The first-order valence-corrected chi connectivity index (χ1v) is 12.1. The summed E-state index contributed by atoms with van der Waals surface area (Å²) in [5, 5.41) is 7.69. The molecule has 0 saturated carbocycles. The molecule has 9 nitrogen and oxygen atoms in total. The van der Waals surface area contributed by atoms with Crippen molar-refractivity contribution in [2.75, 3.05) is 29.7 Å². The van der Waals surface area contributed by atoms with Crippen LogP contribution in [0, 0.1) is 0 Å². The summed E-state index contributed by atoms with van der Waals surface area (Å²) in [6.45, 7) is 0.947. The number of hydrogen-bond donors (Lipinski definition) is 1. The lowest BCUT2D eigenvalue weighted by Gasteiger charge is -2.17.